The summed E-state index contributed by atoms with van der Waals surface area (Å²) in [4.78, 5) is 72.3. The molecule has 2 bridgehead atoms. The van der Waals surface area contributed by atoms with Crippen LogP contribution in [-0.4, -0.2) is 92.6 Å². The molecule has 8 atom stereocenters. The van der Waals surface area contributed by atoms with Gasteiger partial charge in [-0.3, -0.25) is 9.59 Å². The summed E-state index contributed by atoms with van der Waals surface area (Å²) >= 11 is 0. The Bertz CT molecular complexity index is 2640. The lowest BCUT2D eigenvalue weighted by Crippen LogP contribution is -2.54. The van der Waals surface area contributed by atoms with Crippen molar-refractivity contribution in [3.05, 3.63) is 83.6 Å². The van der Waals surface area contributed by atoms with E-state index in [0.29, 0.717) is 17.8 Å². The van der Waals surface area contributed by atoms with Crippen molar-refractivity contribution in [2.24, 2.45) is 17.8 Å². The number of rotatable bonds is 10. The molecular formula is C53H66N8O6. The molecule has 4 N–H and O–H groups in total. The summed E-state index contributed by atoms with van der Waals surface area (Å²) in [5.74, 6) is 2.76. The third-order valence-corrected chi connectivity index (χ3v) is 15.1. The van der Waals surface area contributed by atoms with E-state index in [0.717, 1.165) is 84.4 Å². The monoisotopic (exact) mass is 911 g/mol. The zero-order valence-electron chi connectivity index (χ0n) is 40.0. The van der Waals surface area contributed by atoms with Gasteiger partial charge in [0.2, 0.25) is 11.8 Å². The molecule has 14 heteroatoms. The van der Waals surface area contributed by atoms with Gasteiger partial charge >= 0.3 is 12.2 Å². The number of aromatic amines is 2. The molecule has 4 fully saturated rings. The molecule has 5 aromatic rings. The van der Waals surface area contributed by atoms with Gasteiger partial charge in [-0.2, -0.15) is 0 Å². The van der Waals surface area contributed by atoms with Gasteiger partial charge in [-0.25, -0.2) is 19.6 Å². The van der Waals surface area contributed by atoms with Gasteiger partial charge in [0.15, 0.2) is 0 Å². The third-order valence-electron chi connectivity index (χ3n) is 15.1. The lowest BCUT2D eigenvalue weighted by Gasteiger charge is -2.39. The van der Waals surface area contributed by atoms with Crippen LogP contribution in [0.15, 0.2) is 60.8 Å². The van der Waals surface area contributed by atoms with Crippen LogP contribution in [0.4, 0.5) is 9.59 Å². The number of amides is 4. The molecule has 2 saturated heterocycles. The highest BCUT2D eigenvalue weighted by Crippen LogP contribution is 2.56. The van der Waals surface area contributed by atoms with Crippen molar-refractivity contribution in [3.63, 3.8) is 0 Å². The van der Waals surface area contributed by atoms with Crippen LogP contribution in [0.3, 0.4) is 0 Å². The van der Waals surface area contributed by atoms with Crippen molar-refractivity contribution >= 4 is 35.0 Å². The second kappa shape index (κ2) is 19.2. The molecule has 354 valence electrons. The molecule has 4 amide bonds. The molecule has 3 aliphatic carbocycles. The number of nitrogens with one attached hydrogen (secondary N) is 4. The number of hydrogen-bond acceptors (Lipinski definition) is 8. The Balaban J connectivity index is 0.00000183. The molecular weight excluding hydrogens is 845 g/mol. The summed E-state index contributed by atoms with van der Waals surface area (Å²) < 4.78 is 9.55. The molecule has 5 aliphatic rings. The normalized spacial score (nSPS) is 24.0. The molecule has 2 aliphatic heterocycles. The summed E-state index contributed by atoms with van der Waals surface area (Å²) in [6.45, 7) is 10.1. The first kappa shape index (κ1) is 46.0. The Morgan fingerprint density at radius 2 is 1.52 bits per heavy atom. The molecule has 0 spiro atoms. The maximum absolute atomic E-state index is 14.1. The average molecular weight is 911 g/mol. The molecule has 0 radical (unpaired) electrons. The van der Waals surface area contributed by atoms with Crippen LogP contribution in [0.1, 0.15) is 133 Å². The zero-order valence-corrected chi connectivity index (χ0v) is 40.0. The van der Waals surface area contributed by atoms with E-state index in [2.05, 4.69) is 96.0 Å². The Morgan fingerprint density at radius 3 is 2.24 bits per heavy atom. The van der Waals surface area contributed by atoms with Crippen LogP contribution >= 0.6 is 0 Å². The Labute approximate surface area is 393 Å². The van der Waals surface area contributed by atoms with E-state index in [4.69, 9.17) is 19.4 Å². The largest absolute Gasteiger partial charge is 0.453 e. The Kier molecular flexibility index (Phi) is 13.2. The van der Waals surface area contributed by atoms with Crippen LogP contribution in [0.25, 0.3) is 44.5 Å². The Morgan fingerprint density at radius 1 is 0.806 bits per heavy atom. The summed E-state index contributed by atoms with van der Waals surface area (Å²) in [5.41, 5.74) is 11.6. The number of benzene rings is 3. The van der Waals surface area contributed by atoms with Gasteiger partial charge in [0.25, 0.3) is 0 Å². The van der Waals surface area contributed by atoms with E-state index in [1.807, 2.05) is 29.8 Å². The fourth-order valence-electron chi connectivity index (χ4n) is 11.8. The number of ether oxygens (including phenoxy) is 2. The maximum Gasteiger partial charge on any atom is 0.407 e. The smallest absolute Gasteiger partial charge is 0.407 e. The molecule has 6 unspecified atom stereocenters. The second-order valence-corrected chi connectivity index (χ2v) is 19.7. The van der Waals surface area contributed by atoms with Crippen molar-refractivity contribution in [1.82, 2.24) is 40.4 Å². The summed E-state index contributed by atoms with van der Waals surface area (Å²) in [6.07, 6.45) is 11.0. The van der Waals surface area contributed by atoms with E-state index in [1.165, 1.54) is 61.3 Å². The molecule has 2 aromatic heterocycles. The lowest BCUT2D eigenvalue weighted by molar-refractivity contribution is -0.139. The first-order chi connectivity index (χ1) is 32.4. The van der Waals surface area contributed by atoms with Crippen LogP contribution < -0.4 is 10.6 Å². The van der Waals surface area contributed by atoms with Crippen molar-refractivity contribution in [2.45, 2.75) is 135 Å². The predicted molar refractivity (Wildman–Crippen MR) is 258 cm³/mol. The van der Waals surface area contributed by atoms with E-state index in [9.17, 15) is 19.2 Å². The number of fused-ring (bicyclic) bond motifs is 6. The zero-order chi connectivity index (χ0) is 47.1. The van der Waals surface area contributed by atoms with Gasteiger partial charge in [-0.1, -0.05) is 76.6 Å². The minimum absolute atomic E-state index is 0.0185. The fourth-order valence-corrected chi connectivity index (χ4v) is 11.8. The number of hydrogen-bond donors (Lipinski definition) is 4. The lowest BCUT2D eigenvalue weighted by atomic mass is 9.73. The van der Waals surface area contributed by atoms with Crippen LogP contribution in [0, 0.1) is 17.8 Å². The Hall–Kier alpha value is -6.18. The number of methoxy groups -OCH3 is 2. The van der Waals surface area contributed by atoms with Crippen molar-refractivity contribution in [1.29, 1.82) is 0 Å². The number of nitrogens with zero attached hydrogens (tertiary/aromatic N) is 4. The highest BCUT2D eigenvalue weighted by atomic mass is 16.5. The topological polar surface area (TPSA) is 175 Å². The minimum atomic E-state index is -0.678. The van der Waals surface area contributed by atoms with Crippen LogP contribution in [-0.2, 0) is 25.5 Å². The molecule has 10 rings (SSSR count). The molecule has 14 nitrogen and oxygen atoms in total. The fraction of sp³-hybridized carbons (Fsp3) is 0.509. The van der Waals surface area contributed by atoms with Crippen molar-refractivity contribution < 1.29 is 28.7 Å². The molecule has 3 aromatic carbocycles. The summed E-state index contributed by atoms with van der Waals surface area (Å²) in [6, 6.07) is 18.9. The van der Waals surface area contributed by atoms with Crippen LogP contribution in [0.2, 0.25) is 0 Å². The number of H-pyrrole nitrogens is 2. The first-order valence-electron chi connectivity index (χ1n) is 24.5. The first-order valence-corrected chi connectivity index (χ1v) is 24.5. The number of piperidine rings is 2. The average Bonchev–Trinajstić information content (AvgIpc) is 4.18. The number of likely N-dealkylation sites (tertiary alicyclic amines) is 2. The van der Waals surface area contributed by atoms with Gasteiger partial charge in [0, 0.05) is 12.1 Å². The van der Waals surface area contributed by atoms with E-state index in [-0.39, 0.29) is 48.4 Å². The standard InChI is InChI=1S/C50H58N8O6.C3H8/c1-26(2)44(56-50(62)64-5)48(60)58-33-16-13-32(21-33)45(58)47-51-24-40(55-47)29-11-9-28(10-12-29)35-19-18-34(37-22-30-14-17-36(30)43(35)37)31-15-20-38-39(23-31)54-46(53-38)41-8-6-7-27(3)57(41)42(59)25-52-49(61)63-4;1-3-2/h9-12,15,18-20,23-24,26-27,30,32-33,36,41,44-45H,6-8,13-14,16-17,21-22,25H2,1-5H3,(H,51,55)(H,52,61)(H,53,54)(H,56,62);3H2,1-2H3/t27-,30?,32?,33?,36?,41-,44?,45?;/m0./s1. The van der Waals surface area contributed by atoms with E-state index >= 15 is 0 Å². The van der Waals surface area contributed by atoms with Crippen LogP contribution in [0.5, 0.6) is 0 Å². The maximum atomic E-state index is 14.1. The van der Waals surface area contributed by atoms with Crippen molar-refractivity contribution in [2.75, 3.05) is 20.8 Å². The number of carbonyl (C=O) groups is 4. The molecule has 67 heavy (non-hydrogen) atoms. The van der Waals surface area contributed by atoms with Crippen molar-refractivity contribution in [3.8, 4) is 33.5 Å². The molecule has 4 heterocycles. The van der Waals surface area contributed by atoms with E-state index in [1.54, 1.807) is 0 Å². The minimum Gasteiger partial charge on any atom is -0.453 e. The highest BCUT2D eigenvalue weighted by molar-refractivity contribution is 5.88. The quantitative estimate of drug-likeness (QED) is 0.107. The summed E-state index contributed by atoms with van der Waals surface area (Å²) in [7, 11) is 2.61. The van der Waals surface area contributed by atoms with Gasteiger partial charge < -0.3 is 39.9 Å². The van der Waals surface area contributed by atoms with Gasteiger partial charge in [0.1, 0.15) is 24.2 Å². The van der Waals surface area contributed by atoms with Gasteiger partial charge in [0.05, 0.1) is 49.2 Å². The predicted octanol–water partition coefficient (Wildman–Crippen LogP) is 9.98. The van der Waals surface area contributed by atoms with Gasteiger partial charge in [-0.05, 0) is 139 Å². The molecule has 2 saturated carbocycles. The summed E-state index contributed by atoms with van der Waals surface area (Å²) in [5, 5.41) is 5.33. The number of alkyl carbamates (subject to hydrolysis) is 2. The number of carbonyl (C=O) groups excluding carboxylic acids is 4. The number of aromatic nitrogens is 4. The number of imidazole rings is 2. The van der Waals surface area contributed by atoms with Gasteiger partial charge in [-0.15, -0.1) is 0 Å². The second-order valence-electron chi connectivity index (χ2n) is 19.7. The highest BCUT2D eigenvalue weighted by Gasteiger charge is 2.51. The SMILES string of the molecule is CCC.COC(=O)NCC(=O)N1[C@@H](C)CCC[C@H]1c1nc2ccc(-c3ccc(-c4ccc(-c5cnc(C6C7CCC(C7)N6C(=O)C(NC(=O)OC)C(C)C)[nH]5)cc4)c4c3CC3CCC43)cc2[nH]1. The van der Waals surface area contributed by atoms with E-state index < -0.39 is 18.2 Å². The third kappa shape index (κ3) is 8.68.